The zero-order chi connectivity index (χ0) is 11.4. The van der Waals surface area contributed by atoms with E-state index in [0.717, 1.165) is 13.0 Å². The van der Waals surface area contributed by atoms with E-state index in [2.05, 4.69) is 46.9 Å². The van der Waals surface area contributed by atoms with Gasteiger partial charge in [-0.15, -0.1) is 0 Å². The van der Waals surface area contributed by atoms with E-state index in [-0.39, 0.29) is 5.60 Å². The molecular formula is C12H27NO. The summed E-state index contributed by atoms with van der Waals surface area (Å²) in [4.78, 5) is 0. The molecule has 0 rings (SSSR count). The molecule has 0 bridgehead atoms. The van der Waals surface area contributed by atoms with Crippen molar-refractivity contribution in [1.82, 2.24) is 5.32 Å². The van der Waals surface area contributed by atoms with E-state index in [9.17, 15) is 0 Å². The van der Waals surface area contributed by atoms with Crippen molar-refractivity contribution < 1.29 is 4.74 Å². The highest BCUT2D eigenvalue weighted by atomic mass is 16.5. The zero-order valence-electron chi connectivity index (χ0n) is 10.9. The average Bonchev–Trinajstić information content (AvgIpc) is 1.99. The smallest absolute Gasteiger partial charge is 0.0637 e. The minimum absolute atomic E-state index is 0.0235. The Hall–Kier alpha value is -0.0800. The SMILES string of the molecule is COC(C)(C)CC(C)NCC(C)(C)C. The second-order valence-corrected chi connectivity index (χ2v) is 6.01. The topological polar surface area (TPSA) is 21.3 Å². The van der Waals surface area contributed by atoms with Gasteiger partial charge in [-0.1, -0.05) is 20.8 Å². The van der Waals surface area contributed by atoms with Gasteiger partial charge >= 0.3 is 0 Å². The van der Waals surface area contributed by atoms with Crippen molar-refractivity contribution in [2.45, 2.75) is 59.6 Å². The maximum atomic E-state index is 5.40. The molecule has 0 spiro atoms. The fourth-order valence-corrected chi connectivity index (χ4v) is 1.37. The van der Waals surface area contributed by atoms with Crippen molar-refractivity contribution in [2.75, 3.05) is 13.7 Å². The average molecular weight is 201 g/mol. The van der Waals surface area contributed by atoms with Gasteiger partial charge in [-0.05, 0) is 32.6 Å². The summed E-state index contributed by atoms with van der Waals surface area (Å²) in [6.07, 6.45) is 1.04. The highest BCUT2D eigenvalue weighted by molar-refractivity contribution is 4.77. The van der Waals surface area contributed by atoms with Crippen LogP contribution in [0.15, 0.2) is 0 Å². The fraction of sp³-hybridized carbons (Fsp3) is 1.00. The molecule has 0 saturated heterocycles. The molecule has 0 radical (unpaired) electrons. The summed E-state index contributed by atoms with van der Waals surface area (Å²) in [6.45, 7) is 14.3. The van der Waals surface area contributed by atoms with Crippen LogP contribution in [0.5, 0.6) is 0 Å². The maximum absolute atomic E-state index is 5.40. The van der Waals surface area contributed by atoms with Crippen LogP contribution in [0.1, 0.15) is 48.0 Å². The van der Waals surface area contributed by atoms with E-state index < -0.39 is 0 Å². The highest BCUT2D eigenvalue weighted by Gasteiger charge is 2.21. The van der Waals surface area contributed by atoms with Crippen molar-refractivity contribution in [2.24, 2.45) is 5.41 Å². The van der Waals surface area contributed by atoms with Crippen LogP contribution in [0.25, 0.3) is 0 Å². The third-order valence-corrected chi connectivity index (χ3v) is 2.33. The second-order valence-electron chi connectivity index (χ2n) is 6.01. The Morgan fingerprint density at radius 1 is 1.14 bits per heavy atom. The molecule has 0 aliphatic heterocycles. The minimum Gasteiger partial charge on any atom is -0.379 e. The molecule has 14 heavy (non-hydrogen) atoms. The van der Waals surface area contributed by atoms with Gasteiger partial charge in [0.15, 0.2) is 0 Å². The normalized spacial score (nSPS) is 15.6. The van der Waals surface area contributed by atoms with Crippen LogP contribution in [0.3, 0.4) is 0 Å². The van der Waals surface area contributed by atoms with Gasteiger partial charge in [-0.25, -0.2) is 0 Å². The van der Waals surface area contributed by atoms with Gasteiger partial charge in [0.1, 0.15) is 0 Å². The van der Waals surface area contributed by atoms with Crippen LogP contribution in [0.2, 0.25) is 0 Å². The predicted octanol–water partition coefficient (Wildman–Crippen LogP) is 2.83. The molecule has 2 heteroatoms. The van der Waals surface area contributed by atoms with Gasteiger partial charge in [0, 0.05) is 19.7 Å². The van der Waals surface area contributed by atoms with E-state index in [4.69, 9.17) is 4.74 Å². The second kappa shape index (κ2) is 5.13. The van der Waals surface area contributed by atoms with Crippen LogP contribution in [0.4, 0.5) is 0 Å². The van der Waals surface area contributed by atoms with Crippen molar-refractivity contribution in [1.29, 1.82) is 0 Å². The van der Waals surface area contributed by atoms with Crippen molar-refractivity contribution in [3.8, 4) is 0 Å². The molecule has 0 heterocycles. The number of ether oxygens (including phenoxy) is 1. The lowest BCUT2D eigenvalue weighted by atomic mass is 9.95. The first-order chi connectivity index (χ1) is 6.16. The Bertz CT molecular complexity index is 158. The molecule has 1 unspecified atom stereocenters. The van der Waals surface area contributed by atoms with Crippen molar-refractivity contribution in [3.05, 3.63) is 0 Å². The van der Waals surface area contributed by atoms with Crippen molar-refractivity contribution in [3.63, 3.8) is 0 Å². The number of methoxy groups -OCH3 is 1. The Morgan fingerprint density at radius 3 is 2.00 bits per heavy atom. The summed E-state index contributed by atoms with van der Waals surface area (Å²) < 4.78 is 5.40. The Labute approximate surface area is 89.4 Å². The molecule has 2 nitrogen and oxygen atoms in total. The van der Waals surface area contributed by atoms with Gasteiger partial charge in [0.05, 0.1) is 5.60 Å². The molecule has 86 valence electrons. The first-order valence-corrected chi connectivity index (χ1v) is 5.45. The van der Waals surface area contributed by atoms with Crippen molar-refractivity contribution >= 4 is 0 Å². The standard InChI is InChI=1S/C12H27NO/c1-10(8-12(5,6)14-7)13-9-11(2,3)4/h10,13H,8-9H2,1-7H3. The summed E-state index contributed by atoms with van der Waals surface area (Å²) in [5.41, 5.74) is 0.329. The number of hydrogen-bond donors (Lipinski definition) is 1. The van der Waals surface area contributed by atoms with E-state index in [0.29, 0.717) is 11.5 Å². The Kier molecular flexibility index (Phi) is 5.10. The summed E-state index contributed by atoms with van der Waals surface area (Å²) in [6, 6.07) is 0.504. The molecule has 1 N–H and O–H groups in total. The number of hydrogen-bond acceptors (Lipinski definition) is 2. The van der Waals surface area contributed by atoms with E-state index in [1.807, 2.05) is 0 Å². The third-order valence-electron chi connectivity index (χ3n) is 2.33. The maximum Gasteiger partial charge on any atom is 0.0637 e. The summed E-state index contributed by atoms with van der Waals surface area (Å²) in [5, 5.41) is 3.53. The first-order valence-electron chi connectivity index (χ1n) is 5.45. The van der Waals surface area contributed by atoms with E-state index in [1.54, 1.807) is 7.11 Å². The first kappa shape index (κ1) is 13.9. The van der Waals surface area contributed by atoms with Crippen LogP contribution in [-0.2, 0) is 4.74 Å². The molecule has 0 fully saturated rings. The van der Waals surface area contributed by atoms with E-state index in [1.165, 1.54) is 0 Å². The van der Waals surface area contributed by atoms with Gasteiger partial charge in [-0.2, -0.15) is 0 Å². The van der Waals surface area contributed by atoms with Gasteiger partial charge in [-0.3, -0.25) is 0 Å². The number of rotatable bonds is 5. The van der Waals surface area contributed by atoms with E-state index >= 15 is 0 Å². The molecule has 0 aromatic heterocycles. The largest absolute Gasteiger partial charge is 0.379 e. The lowest BCUT2D eigenvalue weighted by Gasteiger charge is -2.29. The molecule has 0 saturated carbocycles. The summed E-state index contributed by atoms with van der Waals surface area (Å²) in [5.74, 6) is 0. The minimum atomic E-state index is -0.0235. The van der Waals surface area contributed by atoms with Crippen LogP contribution >= 0.6 is 0 Å². The Morgan fingerprint density at radius 2 is 1.64 bits per heavy atom. The molecule has 0 aliphatic carbocycles. The predicted molar refractivity (Wildman–Crippen MR) is 62.6 cm³/mol. The zero-order valence-corrected chi connectivity index (χ0v) is 10.9. The summed E-state index contributed by atoms with van der Waals surface area (Å²) >= 11 is 0. The summed E-state index contributed by atoms with van der Waals surface area (Å²) in [7, 11) is 1.77. The third kappa shape index (κ3) is 7.34. The van der Waals surface area contributed by atoms with Gasteiger partial charge < -0.3 is 10.1 Å². The monoisotopic (exact) mass is 201 g/mol. The molecule has 0 aromatic rings. The fourth-order valence-electron chi connectivity index (χ4n) is 1.37. The van der Waals surface area contributed by atoms with Crippen LogP contribution in [-0.4, -0.2) is 25.3 Å². The molecular weight excluding hydrogens is 174 g/mol. The molecule has 0 aromatic carbocycles. The quantitative estimate of drug-likeness (QED) is 0.738. The lowest BCUT2D eigenvalue weighted by Crippen LogP contribution is -2.39. The molecule has 1 atom stereocenters. The van der Waals surface area contributed by atoms with Crippen LogP contribution < -0.4 is 5.32 Å². The lowest BCUT2D eigenvalue weighted by molar-refractivity contribution is 0.00798. The molecule has 0 amide bonds. The molecule has 0 aliphatic rings. The highest BCUT2D eigenvalue weighted by Crippen LogP contribution is 2.17. The van der Waals surface area contributed by atoms with Crippen LogP contribution in [0, 0.1) is 5.41 Å². The van der Waals surface area contributed by atoms with Gasteiger partial charge in [0.2, 0.25) is 0 Å². The van der Waals surface area contributed by atoms with Gasteiger partial charge in [0.25, 0.3) is 0 Å². The Balaban J connectivity index is 3.82. The number of nitrogens with one attached hydrogen (secondary N) is 1.